The summed E-state index contributed by atoms with van der Waals surface area (Å²) in [5, 5.41) is 13.2. The number of amides is 1. The van der Waals surface area contributed by atoms with Crippen LogP contribution in [0.1, 0.15) is 50.5 Å². The lowest BCUT2D eigenvalue weighted by molar-refractivity contribution is -0.118. The number of primary amides is 1. The minimum Gasteiger partial charge on any atom is -0.467 e. The Morgan fingerprint density at radius 3 is 2.78 bits per heavy atom. The number of hydrogen-bond donors (Lipinski definition) is 1. The van der Waals surface area contributed by atoms with Gasteiger partial charge in [-0.2, -0.15) is 4.98 Å². The lowest BCUT2D eigenvalue weighted by Gasteiger charge is -2.10. The first-order valence-electron chi connectivity index (χ1n) is 8.51. The molecule has 3 rings (SSSR count). The van der Waals surface area contributed by atoms with E-state index in [0.29, 0.717) is 41.4 Å². The van der Waals surface area contributed by atoms with E-state index in [1.807, 2.05) is 37.5 Å². The largest absolute Gasteiger partial charge is 0.467 e. The smallest absolute Gasteiger partial charge is 0.232 e. The molecule has 0 bridgehead atoms. The lowest BCUT2D eigenvalue weighted by Crippen LogP contribution is -2.14. The van der Waals surface area contributed by atoms with Gasteiger partial charge in [-0.1, -0.05) is 37.7 Å². The van der Waals surface area contributed by atoms with E-state index < -0.39 is 0 Å². The average Bonchev–Trinajstić information content (AvgIpc) is 3.32. The fraction of sp³-hybridized carbons (Fsp3) is 0.471. The van der Waals surface area contributed by atoms with Crippen LogP contribution in [0, 0.1) is 0 Å². The number of hydrogen-bond acceptors (Lipinski definition) is 8. The maximum absolute atomic E-state index is 11.1. The van der Waals surface area contributed by atoms with Crippen LogP contribution in [0.3, 0.4) is 0 Å². The summed E-state index contributed by atoms with van der Waals surface area (Å²) in [6.07, 6.45) is 2.24. The summed E-state index contributed by atoms with van der Waals surface area (Å²) in [5.74, 6) is 2.75. The van der Waals surface area contributed by atoms with Crippen molar-refractivity contribution in [3.05, 3.63) is 41.7 Å². The quantitative estimate of drug-likeness (QED) is 0.581. The molecule has 2 N–H and O–H groups in total. The molecule has 0 saturated heterocycles. The molecule has 3 heterocycles. The van der Waals surface area contributed by atoms with Gasteiger partial charge in [0.1, 0.15) is 11.6 Å². The number of carbonyl (C=O) groups is 1. The molecule has 0 aromatic carbocycles. The predicted octanol–water partition coefficient (Wildman–Crippen LogP) is 2.31. The molecule has 0 spiro atoms. The van der Waals surface area contributed by atoms with Gasteiger partial charge < -0.3 is 14.7 Å². The SMILES string of the molecule is CC(C)(C)c1nc(CSc2nnc(CCC(N)=O)n2Cc2ccco2)no1. The number of rotatable bonds is 8. The second-order valence-corrected chi connectivity index (χ2v) is 8.03. The highest BCUT2D eigenvalue weighted by Crippen LogP contribution is 2.25. The molecule has 27 heavy (non-hydrogen) atoms. The molecule has 0 aliphatic rings. The first-order chi connectivity index (χ1) is 12.8. The van der Waals surface area contributed by atoms with E-state index in [-0.39, 0.29) is 17.7 Å². The maximum Gasteiger partial charge on any atom is 0.232 e. The molecule has 0 fully saturated rings. The third kappa shape index (κ3) is 4.97. The standard InChI is InChI=1S/C17H22N6O3S/c1-17(2,3)15-19-13(22-26-15)10-27-16-21-20-14(7-6-12(18)24)23(16)9-11-5-4-8-25-11/h4-5,8H,6-7,9-10H2,1-3H3,(H2,18,24). The van der Waals surface area contributed by atoms with Crippen molar-refractivity contribution in [3.63, 3.8) is 0 Å². The van der Waals surface area contributed by atoms with Gasteiger partial charge in [-0.05, 0) is 12.1 Å². The van der Waals surface area contributed by atoms with E-state index in [2.05, 4.69) is 20.3 Å². The van der Waals surface area contributed by atoms with Crippen LogP contribution in [0.15, 0.2) is 32.5 Å². The predicted molar refractivity (Wildman–Crippen MR) is 97.9 cm³/mol. The Balaban J connectivity index is 1.75. The van der Waals surface area contributed by atoms with E-state index in [0.717, 1.165) is 5.76 Å². The van der Waals surface area contributed by atoms with E-state index in [1.165, 1.54) is 11.8 Å². The van der Waals surface area contributed by atoms with Gasteiger partial charge >= 0.3 is 0 Å². The van der Waals surface area contributed by atoms with Gasteiger partial charge in [-0.25, -0.2) is 0 Å². The molecule has 0 aliphatic carbocycles. The number of nitrogens with two attached hydrogens (primary N) is 1. The number of aromatic nitrogens is 5. The maximum atomic E-state index is 11.1. The van der Waals surface area contributed by atoms with Crippen LogP contribution in [-0.2, 0) is 28.9 Å². The molecule has 9 nitrogen and oxygen atoms in total. The molecule has 0 unspecified atom stereocenters. The van der Waals surface area contributed by atoms with Gasteiger partial charge in [0.25, 0.3) is 0 Å². The van der Waals surface area contributed by atoms with Crippen molar-refractivity contribution < 1.29 is 13.7 Å². The topological polar surface area (TPSA) is 126 Å². The molecule has 10 heteroatoms. The fourth-order valence-electron chi connectivity index (χ4n) is 2.31. The zero-order valence-corrected chi connectivity index (χ0v) is 16.3. The zero-order chi connectivity index (χ0) is 19.4. The van der Waals surface area contributed by atoms with E-state index in [9.17, 15) is 4.79 Å². The molecule has 0 aliphatic heterocycles. The highest BCUT2D eigenvalue weighted by atomic mass is 32.2. The molecule has 0 saturated carbocycles. The molecular formula is C17H22N6O3S. The summed E-state index contributed by atoms with van der Waals surface area (Å²) in [6.45, 7) is 6.52. The minimum absolute atomic E-state index is 0.197. The van der Waals surface area contributed by atoms with Gasteiger partial charge in [0.15, 0.2) is 11.0 Å². The first-order valence-corrected chi connectivity index (χ1v) is 9.50. The minimum atomic E-state index is -0.377. The van der Waals surface area contributed by atoms with E-state index in [1.54, 1.807) is 6.26 Å². The van der Waals surface area contributed by atoms with Gasteiger partial charge in [-0.15, -0.1) is 10.2 Å². The Labute approximate surface area is 160 Å². The summed E-state index contributed by atoms with van der Waals surface area (Å²) < 4.78 is 12.7. The Morgan fingerprint density at radius 2 is 2.15 bits per heavy atom. The van der Waals surface area contributed by atoms with Crippen molar-refractivity contribution in [2.45, 2.75) is 56.5 Å². The molecule has 0 radical (unpaired) electrons. The monoisotopic (exact) mass is 390 g/mol. The Hall–Kier alpha value is -2.62. The van der Waals surface area contributed by atoms with Crippen molar-refractivity contribution in [2.24, 2.45) is 5.73 Å². The highest BCUT2D eigenvalue weighted by molar-refractivity contribution is 7.98. The molecule has 0 atom stereocenters. The summed E-state index contributed by atoms with van der Waals surface area (Å²) in [5.41, 5.74) is 5.06. The summed E-state index contributed by atoms with van der Waals surface area (Å²) >= 11 is 1.45. The third-order valence-electron chi connectivity index (χ3n) is 3.72. The summed E-state index contributed by atoms with van der Waals surface area (Å²) in [6, 6.07) is 3.70. The van der Waals surface area contributed by atoms with E-state index >= 15 is 0 Å². The van der Waals surface area contributed by atoms with Crippen molar-refractivity contribution in [3.8, 4) is 0 Å². The van der Waals surface area contributed by atoms with Crippen LogP contribution < -0.4 is 5.73 Å². The van der Waals surface area contributed by atoms with Gasteiger partial charge in [-0.3, -0.25) is 9.36 Å². The molecule has 1 amide bonds. The van der Waals surface area contributed by atoms with Crippen LogP contribution in [0.5, 0.6) is 0 Å². The van der Waals surface area contributed by atoms with Gasteiger partial charge in [0.05, 0.1) is 18.6 Å². The normalized spacial score (nSPS) is 11.8. The van der Waals surface area contributed by atoms with Crippen LogP contribution in [0.4, 0.5) is 0 Å². The van der Waals surface area contributed by atoms with Gasteiger partial charge in [0, 0.05) is 18.3 Å². The number of carbonyl (C=O) groups excluding carboxylic acids is 1. The van der Waals surface area contributed by atoms with Crippen LogP contribution >= 0.6 is 11.8 Å². The van der Waals surface area contributed by atoms with Crippen molar-refractivity contribution >= 4 is 17.7 Å². The van der Waals surface area contributed by atoms with Crippen LogP contribution in [0.25, 0.3) is 0 Å². The van der Waals surface area contributed by atoms with Crippen molar-refractivity contribution in [1.29, 1.82) is 0 Å². The number of thioether (sulfide) groups is 1. The van der Waals surface area contributed by atoms with Gasteiger partial charge in [0.2, 0.25) is 11.8 Å². The third-order valence-corrected chi connectivity index (χ3v) is 4.69. The lowest BCUT2D eigenvalue weighted by atomic mass is 9.97. The zero-order valence-electron chi connectivity index (χ0n) is 15.5. The first kappa shape index (κ1) is 19.2. The Morgan fingerprint density at radius 1 is 1.33 bits per heavy atom. The number of furan rings is 1. The molecular weight excluding hydrogens is 368 g/mol. The average molecular weight is 390 g/mol. The summed E-state index contributed by atoms with van der Waals surface area (Å²) in [7, 11) is 0. The van der Waals surface area contributed by atoms with Crippen molar-refractivity contribution in [2.75, 3.05) is 0 Å². The Kier molecular flexibility index (Phi) is 5.64. The second kappa shape index (κ2) is 7.95. The molecule has 3 aromatic rings. The highest BCUT2D eigenvalue weighted by Gasteiger charge is 2.22. The van der Waals surface area contributed by atoms with E-state index in [4.69, 9.17) is 14.7 Å². The molecule has 3 aromatic heterocycles. The second-order valence-electron chi connectivity index (χ2n) is 7.09. The number of aryl methyl sites for hydroxylation is 1. The Bertz CT molecular complexity index is 894. The molecule has 144 valence electrons. The number of nitrogens with zero attached hydrogens (tertiary/aromatic N) is 5. The van der Waals surface area contributed by atoms with Crippen LogP contribution in [0.2, 0.25) is 0 Å². The summed E-state index contributed by atoms with van der Waals surface area (Å²) in [4.78, 5) is 15.5. The van der Waals surface area contributed by atoms with Crippen molar-refractivity contribution in [1.82, 2.24) is 24.9 Å². The fourth-order valence-corrected chi connectivity index (χ4v) is 3.11. The van der Waals surface area contributed by atoms with Crippen LogP contribution in [-0.4, -0.2) is 30.8 Å².